The topological polar surface area (TPSA) is 132 Å². The van der Waals surface area contributed by atoms with Gasteiger partial charge in [0.2, 0.25) is 11.5 Å². The first-order valence-electron chi connectivity index (χ1n) is 5.51. The quantitative estimate of drug-likeness (QED) is 0.367. The van der Waals surface area contributed by atoms with E-state index in [-0.39, 0.29) is 17.0 Å². The van der Waals surface area contributed by atoms with Crippen LogP contribution in [0.4, 0.5) is 5.82 Å². The molecule has 0 radical (unpaired) electrons. The van der Waals surface area contributed by atoms with E-state index in [0.29, 0.717) is 5.69 Å². The van der Waals surface area contributed by atoms with Crippen molar-refractivity contribution in [2.24, 2.45) is 5.73 Å². The van der Waals surface area contributed by atoms with Crippen LogP contribution in [0.2, 0.25) is 0 Å². The predicted octanol–water partition coefficient (Wildman–Crippen LogP) is 1.00. The van der Waals surface area contributed by atoms with Crippen molar-refractivity contribution in [2.45, 2.75) is 13.8 Å². The minimum atomic E-state index is -0.706. The summed E-state index contributed by atoms with van der Waals surface area (Å²) in [6.45, 7) is 2.48. The molecule has 0 amide bonds. The average molecular weight is 276 g/mol. The third kappa shape index (κ3) is 3.52. The molecule has 1 heterocycles. The van der Waals surface area contributed by atoms with Gasteiger partial charge in [0.05, 0.1) is 0 Å². The molecule has 20 heavy (non-hydrogen) atoms. The molecule has 8 heteroatoms. The van der Waals surface area contributed by atoms with Crippen LogP contribution in [-0.4, -0.2) is 22.3 Å². The Labute approximate surface area is 114 Å². The van der Waals surface area contributed by atoms with Gasteiger partial charge >= 0.3 is 5.82 Å². The van der Waals surface area contributed by atoms with Crippen molar-refractivity contribution in [1.29, 1.82) is 5.26 Å². The van der Waals surface area contributed by atoms with Crippen LogP contribution in [0.5, 0.6) is 5.75 Å². The Bertz CT molecular complexity index is 627. The fourth-order valence-electron chi connectivity index (χ4n) is 1.36. The Morgan fingerprint density at radius 1 is 1.60 bits per heavy atom. The van der Waals surface area contributed by atoms with Gasteiger partial charge in [-0.15, -0.1) is 0 Å². The monoisotopic (exact) mass is 276 g/mol. The van der Waals surface area contributed by atoms with Crippen molar-refractivity contribution in [1.82, 2.24) is 4.98 Å². The summed E-state index contributed by atoms with van der Waals surface area (Å²) in [5.41, 5.74) is 5.66. The summed E-state index contributed by atoms with van der Waals surface area (Å²) in [7, 11) is 0. The first-order valence-corrected chi connectivity index (χ1v) is 5.51. The number of Topliss-reactive ketones (excluding diaryl/α,β-unsaturated/α-hetero) is 1. The zero-order chi connectivity index (χ0) is 15.3. The molecule has 0 saturated heterocycles. The van der Waals surface area contributed by atoms with Crippen LogP contribution in [0.1, 0.15) is 12.6 Å². The summed E-state index contributed by atoms with van der Waals surface area (Å²) in [4.78, 5) is 25.5. The Kier molecular flexibility index (Phi) is 4.75. The second-order valence-corrected chi connectivity index (χ2v) is 3.91. The highest BCUT2D eigenvalue weighted by molar-refractivity contribution is 6.00. The maximum absolute atomic E-state index is 11.7. The van der Waals surface area contributed by atoms with Gasteiger partial charge in [-0.1, -0.05) is 0 Å². The molecule has 0 aliphatic heterocycles. The predicted molar refractivity (Wildman–Crippen MR) is 68.6 cm³/mol. The van der Waals surface area contributed by atoms with Crippen LogP contribution in [0.3, 0.4) is 0 Å². The van der Waals surface area contributed by atoms with E-state index in [4.69, 9.17) is 15.7 Å². The molecular formula is C12H12N4O4. The van der Waals surface area contributed by atoms with Crippen molar-refractivity contribution in [2.75, 3.05) is 6.61 Å². The number of nitro groups is 1. The third-order valence-electron chi connectivity index (χ3n) is 2.30. The van der Waals surface area contributed by atoms with Gasteiger partial charge in [0.25, 0.3) is 0 Å². The zero-order valence-electron chi connectivity index (χ0n) is 10.9. The van der Waals surface area contributed by atoms with Crippen LogP contribution in [0, 0.1) is 28.4 Å². The van der Waals surface area contributed by atoms with Crippen LogP contribution in [0.15, 0.2) is 23.4 Å². The number of nitrogens with zero attached hydrogens (tertiary/aromatic N) is 3. The normalized spacial score (nSPS) is 11.2. The van der Waals surface area contributed by atoms with Crippen molar-refractivity contribution < 1.29 is 14.5 Å². The lowest BCUT2D eigenvalue weighted by Crippen LogP contribution is -2.17. The number of ether oxygens (including phenoxy) is 1. The number of allylic oxidation sites excluding steroid dienone is 1. The highest BCUT2D eigenvalue weighted by Gasteiger charge is 2.20. The van der Waals surface area contributed by atoms with E-state index in [2.05, 4.69) is 4.98 Å². The summed E-state index contributed by atoms with van der Waals surface area (Å²) >= 11 is 0. The summed E-state index contributed by atoms with van der Waals surface area (Å²) < 4.78 is 5.05. The minimum Gasteiger partial charge on any atom is -0.477 e. The number of nitrogens with two attached hydrogens (primary N) is 1. The molecule has 1 aromatic heterocycles. The molecule has 0 saturated carbocycles. The van der Waals surface area contributed by atoms with Crippen molar-refractivity contribution in [3.05, 3.63) is 39.2 Å². The molecule has 2 N–H and O–H groups in total. The van der Waals surface area contributed by atoms with Crippen molar-refractivity contribution in [3.63, 3.8) is 0 Å². The number of hydrogen-bond donors (Lipinski definition) is 1. The lowest BCUT2D eigenvalue weighted by molar-refractivity contribution is -0.390. The summed E-state index contributed by atoms with van der Waals surface area (Å²) in [6.07, 6.45) is 0. The Morgan fingerprint density at radius 2 is 2.25 bits per heavy atom. The summed E-state index contributed by atoms with van der Waals surface area (Å²) in [6, 6.07) is 4.52. The van der Waals surface area contributed by atoms with E-state index in [1.165, 1.54) is 19.1 Å². The largest absolute Gasteiger partial charge is 0.477 e. The number of pyridine rings is 1. The molecule has 0 atom stereocenters. The Morgan fingerprint density at radius 3 is 2.75 bits per heavy atom. The molecule has 0 aliphatic carbocycles. The standard InChI is InChI=1S/C12H12N4O4/c1-7-3-4-11(12(15-7)16(18)19)20-6-10(17)9(5-13)8(2)14/h3-4H,6,14H2,1-2H3/b9-8-. The van der Waals surface area contributed by atoms with Gasteiger partial charge in [-0.3, -0.25) is 4.79 Å². The smallest absolute Gasteiger partial charge is 0.406 e. The van der Waals surface area contributed by atoms with Crippen molar-refractivity contribution >= 4 is 11.6 Å². The Hall–Kier alpha value is -2.95. The highest BCUT2D eigenvalue weighted by Crippen LogP contribution is 2.24. The molecule has 8 nitrogen and oxygen atoms in total. The van der Waals surface area contributed by atoms with Gasteiger partial charge in [0.15, 0.2) is 6.61 Å². The van der Waals surface area contributed by atoms with Crippen LogP contribution < -0.4 is 10.5 Å². The molecule has 1 rings (SSSR count). The minimum absolute atomic E-state index is 0.0673. The van der Waals surface area contributed by atoms with Gasteiger partial charge < -0.3 is 20.6 Å². The van der Waals surface area contributed by atoms with E-state index in [9.17, 15) is 14.9 Å². The molecule has 1 aromatic rings. The van der Waals surface area contributed by atoms with Crippen LogP contribution in [0.25, 0.3) is 0 Å². The lowest BCUT2D eigenvalue weighted by atomic mass is 10.1. The van der Waals surface area contributed by atoms with Gasteiger partial charge in [-0.25, -0.2) is 0 Å². The molecule has 0 aromatic carbocycles. The molecule has 0 spiro atoms. The maximum Gasteiger partial charge on any atom is 0.406 e. The van der Waals surface area contributed by atoms with E-state index < -0.39 is 23.1 Å². The number of aromatic nitrogens is 1. The van der Waals surface area contributed by atoms with Gasteiger partial charge in [0, 0.05) is 12.6 Å². The van der Waals surface area contributed by atoms with Crippen LogP contribution in [-0.2, 0) is 4.79 Å². The van der Waals surface area contributed by atoms with E-state index in [1.807, 2.05) is 0 Å². The zero-order valence-corrected chi connectivity index (χ0v) is 10.9. The molecular weight excluding hydrogens is 264 g/mol. The number of ketones is 1. The number of carbonyl (C=O) groups excluding carboxylic acids is 1. The molecule has 104 valence electrons. The number of hydrogen-bond acceptors (Lipinski definition) is 7. The number of nitriles is 1. The molecule has 0 fully saturated rings. The highest BCUT2D eigenvalue weighted by atomic mass is 16.6. The van der Waals surface area contributed by atoms with Crippen molar-refractivity contribution in [3.8, 4) is 11.8 Å². The number of carbonyl (C=O) groups is 1. The molecule has 0 aliphatic rings. The van der Waals surface area contributed by atoms with E-state index in [0.717, 1.165) is 0 Å². The average Bonchev–Trinajstić information content (AvgIpc) is 2.37. The number of rotatable bonds is 5. The second-order valence-electron chi connectivity index (χ2n) is 3.91. The van der Waals surface area contributed by atoms with Gasteiger partial charge in [0.1, 0.15) is 17.3 Å². The van der Waals surface area contributed by atoms with E-state index in [1.54, 1.807) is 13.0 Å². The SMILES string of the molecule is C/C(N)=C(\C#N)C(=O)COc1ccc(C)nc1[N+](=O)[O-]. The fourth-order valence-corrected chi connectivity index (χ4v) is 1.36. The van der Waals surface area contributed by atoms with Crippen LogP contribution >= 0.6 is 0 Å². The summed E-state index contributed by atoms with van der Waals surface area (Å²) in [5, 5.41) is 19.6. The summed E-state index contributed by atoms with van der Waals surface area (Å²) in [5.74, 6) is -1.27. The van der Waals surface area contributed by atoms with E-state index >= 15 is 0 Å². The fraction of sp³-hybridized carbons (Fsp3) is 0.250. The van der Waals surface area contributed by atoms with Gasteiger partial charge in [-0.2, -0.15) is 5.26 Å². The first kappa shape index (κ1) is 15.1. The first-order chi connectivity index (χ1) is 9.36. The number of aryl methyl sites for hydroxylation is 1. The third-order valence-corrected chi connectivity index (χ3v) is 2.30. The van der Waals surface area contributed by atoms with Gasteiger partial charge in [-0.05, 0) is 29.0 Å². The lowest BCUT2D eigenvalue weighted by Gasteiger charge is -2.06. The maximum atomic E-state index is 11.7. The Balaban J connectivity index is 2.92. The molecule has 0 bridgehead atoms. The second kappa shape index (κ2) is 6.29. The molecule has 0 unspecified atom stereocenters.